The summed E-state index contributed by atoms with van der Waals surface area (Å²) >= 11 is 0. The Morgan fingerprint density at radius 2 is 1.77 bits per heavy atom. The highest BCUT2D eigenvalue weighted by molar-refractivity contribution is 7.89. The van der Waals surface area contributed by atoms with Crippen LogP contribution in [0.25, 0.3) is 11.3 Å². The van der Waals surface area contributed by atoms with Gasteiger partial charge < -0.3 is 14.6 Å². The van der Waals surface area contributed by atoms with Crippen LogP contribution in [-0.4, -0.2) is 41.4 Å². The molecule has 1 N–H and O–H groups in total. The first-order chi connectivity index (χ1) is 18.4. The standard InChI is InChI=1S/C27H28F3N5O3S/c1-18(2)35-16-24(32-17-35)23-13-21(33-26-12-7-20(14-31-26)27(28,29)30)8-11-25(23)39(36,37)34(3)15-19-5-9-22(38-4)10-6-19/h5-14,16-18H,15H2,1-4H3,(H,31,33). The Balaban J connectivity index is 1.69. The summed E-state index contributed by atoms with van der Waals surface area (Å²) in [4.78, 5) is 8.31. The number of imidazole rings is 1. The van der Waals surface area contributed by atoms with Crippen LogP contribution in [0.5, 0.6) is 5.75 Å². The average Bonchev–Trinajstić information content (AvgIpc) is 3.40. The molecule has 2 aromatic heterocycles. The topological polar surface area (TPSA) is 89.4 Å². The van der Waals surface area contributed by atoms with Crippen LogP contribution >= 0.6 is 0 Å². The van der Waals surface area contributed by atoms with Gasteiger partial charge in [0.15, 0.2) is 0 Å². The summed E-state index contributed by atoms with van der Waals surface area (Å²) in [7, 11) is -0.920. The van der Waals surface area contributed by atoms with Gasteiger partial charge in [0.2, 0.25) is 10.0 Å². The number of rotatable bonds is 9. The minimum atomic E-state index is -4.50. The number of pyridine rings is 1. The van der Waals surface area contributed by atoms with Gasteiger partial charge in [-0.3, -0.25) is 0 Å². The normalized spacial score (nSPS) is 12.2. The molecule has 0 spiro atoms. The molecule has 2 heterocycles. The molecule has 0 fully saturated rings. The number of nitrogens with one attached hydrogen (secondary N) is 1. The molecule has 4 aromatic rings. The molecule has 12 heteroatoms. The Kier molecular flexibility index (Phi) is 7.98. The number of benzene rings is 2. The van der Waals surface area contributed by atoms with Crippen LogP contribution in [0.3, 0.4) is 0 Å². The number of nitrogens with zero attached hydrogens (tertiary/aromatic N) is 4. The summed E-state index contributed by atoms with van der Waals surface area (Å²) in [6, 6.07) is 13.9. The van der Waals surface area contributed by atoms with E-state index >= 15 is 0 Å². The molecule has 206 valence electrons. The fraction of sp³-hybridized carbons (Fsp3) is 0.259. The van der Waals surface area contributed by atoms with E-state index in [4.69, 9.17) is 4.74 Å². The lowest BCUT2D eigenvalue weighted by Gasteiger charge is -2.20. The lowest BCUT2D eigenvalue weighted by atomic mass is 10.1. The summed E-state index contributed by atoms with van der Waals surface area (Å²) in [5.74, 6) is 0.840. The number of anilines is 2. The highest BCUT2D eigenvalue weighted by atomic mass is 32.2. The first-order valence-corrected chi connectivity index (χ1v) is 13.4. The van der Waals surface area contributed by atoms with Gasteiger partial charge in [-0.2, -0.15) is 17.5 Å². The molecule has 8 nitrogen and oxygen atoms in total. The second kappa shape index (κ2) is 11.1. The smallest absolute Gasteiger partial charge is 0.417 e. The second-order valence-corrected chi connectivity index (χ2v) is 11.2. The summed E-state index contributed by atoms with van der Waals surface area (Å²) in [6.45, 7) is 4.07. The first-order valence-electron chi connectivity index (χ1n) is 12.0. The van der Waals surface area contributed by atoms with Gasteiger partial charge in [-0.05, 0) is 61.9 Å². The summed E-state index contributed by atoms with van der Waals surface area (Å²) in [5, 5.41) is 2.95. The SMILES string of the molecule is COc1ccc(CN(C)S(=O)(=O)c2ccc(Nc3ccc(C(F)(F)F)cn3)cc2-c2cn(C(C)C)cn2)cc1. The molecule has 0 atom stereocenters. The molecule has 0 radical (unpaired) electrons. The van der Waals surface area contributed by atoms with Crippen molar-refractivity contribution in [3.63, 3.8) is 0 Å². The van der Waals surface area contributed by atoms with Crippen LogP contribution in [-0.2, 0) is 22.7 Å². The molecule has 0 unspecified atom stereocenters. The molecular weight excluding hydrogens is 531 g/mol. The Morgan fingerprint density at radius 1 is 1.05 bits per heavy atom. The molecule has 0 aliphatic carbocycles. The number of sulfonamides is 1. The fourth-order valence-electron chi connectivity index (χ4n) is 3.82. The number of aromatic nitrogens is 3. The Morgan fingerprint density at radius 3 is 2.33 bits per heavy atom. The van der Waals surface area contributed by atoms with E-state index < -0.39 is 21.8 Å². The van der Waals surface area contributed by atoms with E-state index in [1.165, 1.54) is 29.6 Å². The number of ether oxygens (including phenoxy) is 1. The van der Waals surface area contributed by atoms with Crippen molar-refractivity contribution >= 4 is 21.5 Å². The molecule has 4 rings (SSSR count). The molecule has 39 heavy (non-hydrogen) atoms. The lowest BCUT2D eigenvalue weighted by molar-refractivity contribution is -0.137. The third-order valence-electron chi connectivity index (χ3n) is 6.07. The molecule has 0 bridgehead atoms. The van der Waals surface area contributed by atoms with Crippen LogP contribution in [0.1, 0.15) is 31.0 Å². The molecule has 0 saturated heterocycles. The van der Waals surface area contributed by atoms with E-state index in [0.29, 0.717) is 22.7 Å². The van der Waals surface area contributed by atoms with Gasteiger partial charge in [0.05, 0.1) is 29.6 Å². The number of alkyl halides is 3. The largest absolute Gasteiger partial charge is 0.497 e. The maximum atomic E-state index is 13.7. The van der Waals surface area contributed by atoms with Crippen molar-refractivity contribution in [3.05, 3.63) is 84.4 Å². The lowest BCUT2D eigenvalue weighted by Crippen LogP contribution is -2.27. The zero-order chi connectivity index (χ0) is 28.4. The zero-order valence-electron chi connectivity index (χ0n) is 21.8. The number of hydrogen-bond donors (Lipinski definition) is 1. The van der Waals surface area contributed by atoms with Gasteiger partial charge in [-0.1, -0.05) is 12.1 Å². The summed E-state index contributed by atoms with van der Waals surface area (Å²) in [6.07, 6.45) is -0.389. The van der Waals surface area contributed by atoms with E-state index in [9.17, 15) is 21.6 Å². The van der Waals surface area contributed by atoms with E-state index in [0.717, 1.165) is 17.8 Å². The van der Waals surface area contributed by atoms with Crippen molar-refractivity contribution in [2.75, 3.05) is 19.5 Å². The number of halogens is 3. The van der Waals surface area contributed by atoms with E-state index in [2.05, 4.69) is 15.3 Å². The van der Waals surface area contributed by atoms with E-state index in [1.807, 2.05) is 18.4 Å². The van der Waals surface area contributed by atoms with Gasteiger partial charge in [0.1, 0.15) is 11.6 Å². The number of methoxy groups -OCH3 is 1. The average molecular weight is 560 g/mol. The Labute approximate surface area is 225 Å². The van der Waals surface area contributed by atoms with Crippen molar-refractivity contribution in [2.24, 2.45) is 0 Å². The molecule has 2 aromatic carbocycles. The van der Waals surface area contributed by atoms with Crippen molar-refractivity contribution < 1.29 is 26.3 Å². The van der Waals surface area contributed by atoms with Crippen LogP contribution in [0.4, 0.5) is 24.7 Å². The highest BCUT2D eigenvalue weighted by Crippen LogP contribution is 2.34. The van der Waals surface area contributed by atoms with Gasteiger partial charge in [0.25, 0.3) is 0 Å². The van der Waals surface area contributed by atoms with Crippen molar-refractivity contribution in [3.8, 4) is 17.0 Å². The molecular formula is C27H28F3N5O3S. The molecule has 0 aliphatic heterocycles. The molecule has 0 aliphatic rings. The predicted octanol–water partition coefficient (Wildman–Crippen LogP) is 6.12. The van der Waals surface area contributed by atoms with Crippen LogP contribution in [0.15, 0.2) is 78.2 Å². The van der Waals surface area contributed by atoms with Crippen molar-refractivity contribution in [2.45, 2.75) is 37.5 Å². The Bertz CT molecular complexity index is 1530. The summed E-state index contributed by atoms with van der Waals surface area (Å²) in [5.41, 5.74) is 1.12. The predicted molar refractivity (Wildman–Crippen MR) is 142 cm³/mol. The maximum Gasteiger partial charge on any atom is 0.417 e. The quantitative estimate of drug-likeness (QED) is 0.266. The van der Waals surface area contributed by atoms with E-state index in [1.54, 1.807) is 50.0 Å². The molecule has 0 saturated carbocycles. The van der Waals surface area contributed by atoms with E-state index in [-0.39, 0.29) is 23.3 Å². The van der Waals surface area contributed by atoms with Crippen LogP contribution in [0, 0.1) is 0 Å². The number of hydrogen-bond acceptors (Lipinski definition) is 6. The van der Waals surface area contributed by atoms with Gasteiger partial charge in [-0.25, -0.2) is 18.4 Å². The Hall–Kier alpha value is -3.90. The third-order valence-corrected chi connectivity index (χ3v) is 7.93. The summed E-state index contributed by atoms with van der Waals surface area (Å²) < 4.78 is 74.4. The maximum absolute atomic E-state index is 13.7. The van der Waals surface area contributed by atoms with Crippen molar-refractivity contribution in [1.82, 2.24) is 18.8 Å². The minimum Gasteiger partial charge on any atom is -0.497 e. The minimum absolute atomic E-state index is 0.0402. The first kappa shape index (κ1) is 28.1. The zero-order valence-corrected chi connectivity index (χ0v) is 22.6. The monoisotopic (exact) mass is 559 g/mol. The second-order valence-electron chi connectivity index (χ2n) is 9.17. The molecule has 0 amide bonds. The van der Waals surface area contributed by atoms with Gasteiger partial charge in [0, 0.05) is 43.3 Å². The van der Waals surface area contributed by atoms with Crippen molar-refractivity contribution in [1.29, 1.82) is 0 Å². The highest BCUT2D eigenvalue weighted by Gasteiger charge is 2.31. The van der Waals surface area contributed by atoms with Crippen LogP contribution < -0.4 is 10.1 Å². The van der Waals surface area contributed by atoms with Gasteiger partial charge >= 0.3 is 6.18 Å². The third kappa shape index (κ3) is 6.40. The fourth-order valence-corrected chi connectivity index (χ4v) is 5.15. The van der Waals surface area contributed by atoms with Crippen LogP contribution in [0.2, 0.25) is 0 Å². The van der Waals surface area contributed by atoms with Gasteiger partial charge in [-0.15, -0.1) is 0 Å².